The molecule has 1 aromatic heterocycles. The topological polar surface area (TPSA) is 82.5 Å². The van der Waals surface area contributed by atoms with E-state index in [1.54, 1.807) is 12.1 Å². The van der Waals surface area contributed by atoms with E-state index in [0.29, 0.717) is 11.4 Å². The van der Waals surface area contributed by atoms with Crippen molar-refractivity contribution in [1.82, 2.24) is 4.98 Å². The maximum atomic E-state index is 10.6. The van der Waals surface area contributed by atoms with Gasteiger partial charge < -0.3 is 15.5 Å². The van der Waals surface area contributed by atoms with E-state index in [2.05, 4.69) is 10.3 Å². The second-order valence-corrected chi connectivity index (χ2v) is 2.86. The summed E-state index contributed by atoms with van der Waals surface area (Å²) < 4.78 is 0. The molecule has 0 aromatic carbocycles. The van der Waals surface area contributed by atoms with Crippen molar-refractivity contribution in [2.24, 2.45) is 0 Å². The molecule has 0 radical (unpaired) electrons. The minimum atomic E-state index is -0.922. The standard InChI is InChI=1S/C9H12N2O3/c1-6(13)11-9-3-2-7(4-10-9)8(14)5-12/h2-4,8,12,14H,5H2,1H3,(H,10,11,13). The lowest BCUT2D eigenvalue weighted by Crippen LogP contribution is -2.08. The molecular weight excluding hydrogens is 184 g/mol. The Kier molecular flexibility index (Phi) is 3.55. The monoisotopic (exact) mass is 196 g/mol. The van der Waals surface area contributed by atoms with E-state index >= 15 is 0 Å². The number of nitrogens with one attached hydrogen (secondary N) is 1. The minimum absolute atomic E-state index is 0.201. The predicted octanol–water partition coefficient (Wildman–Crippen LogP) is 0.0657. The number of anilines is 1. The van der Waals surface area contributed by atoms with Crippen LogP contribution in [0.5, 0.6) is 0 Å². The van der Waals surface area contributed by atoms with Crippen molar-refractivity contribution in [1.29, 1.82) is 0 Å². The highest BCUT2D eigenvalue weighted by molar-refractivity contribution is 5.87. The Morgan fingerprint density at radius 1 is 1.64 bits per heavy atom. The van der Waals surface area contributed by atoms with Gasteiger partial charge in [-0.3, -0.25) is 4.79 Å². The quantitative estimate of drug-likeness (QED) is 0.638. The van der Waals surface area contributed by atoms with Crippen LogP contribution in [0.25, 0.3) is 0 Å². The molecule has 0 aliphatic carbocycles. The molecule has 0 spiro atoms. The molecule has 0 saturated heterocycles. The molecule has 0 aliphatic rings. The molecule has 1 amide bonds. The van der Waals surface area contributed by atoms with Crippen LogP contribution in [0.2, 0.25) is 0 Å². The average Bonchev–Trinajstić information content (AvgIpc) is 2.17. The van der Waals surface area contributed by atoms with Crippen LogP contribution in [0.4, 0.5) is 5.82 Å². The first-order valence-electron chi connectivity index (χ1n) is 4.16. The van der Waals surface area contributed by atoms with Gasteiger partial charge in [-0.15, -0.1) is 0 Å². The number of hydrogen-bond acceptors (Lipinski definition) is 4. The summed E-state index contributed by atoms with van der Waals surface area (Å²) in [5.74, 6) is 0.222. The Morgan fingerprint density at radius 3 is 2.79 bits per heavy atom. The van der Waals surface area contributed by atoms with Gasteiger partial charge in [0.25, 0.3) is 0 Å². The fourth-order valence-electron chi connectivity index (χ4n) is 0.962. The van der Waals surface area contributed by atoms with Gasteiger partial charge in [-0.25, -0.2) is 4.98 Å². The predicted molar refractivity (Wildman–Crippen MR) is 50.6 cm³/mol. The van der Waals surface area contributed by atoms with Crippen LogP contribution in [-0.2, 0) is 4.79 Å². The fourth-order valence-corrected chi connectivity index (χ4v) is 0.962. The van der Waals surface area contributed by atoms with Crippen molar-refractivity contribution in [3.63, 3.8) is 0 Å². The molecule has 0 fully saturated rings. The highest BCUT2D eigenvalue weighted by atomic mass is 16.3. The zero-order valence-electron chi connectivity index (χ0n) is 7.77. The summed E-state index contributed by atoms with van der Waals surface area (Å²) in [6.07, 6.45) is 0.487. The van der Waals surface area contributed by atoms with Crippen LogP contribution in [0.3, 0.4) is 0 Å². The normalized spacial score (nSPS) is 12.2. The molecule has 1 atom stereocenters. The van der Waals surface area contributed by atoms with Gasteiger partial charge in [0.2, 0.25) is 5.91 Å². The van der Waals surface area contributed by atoms with Gasteiger partial charge in [0.1, 0.15) is 11.9 Å². The molecule has 5 nitrogen and oxygen atoms in total. The maximum Gasteiger partial charge on any atom is 0.222 e. The van der Waals surface area contributed by atoms with Gasteiger partial charge in [0, 0.05) is 18.7 Å². The van der Waals surface area contributed by atoms with E-state index in [1.165, 1.54) is 13.1 Å². The van der Waals surface area contributed by atoms with Gasteiger partial charge in [0.15, 0.2) is 0 Å². The average molecular weight is 196 g/mol. The molecule has 1 rings (SSSR count). The zero-order valence-corrected chi connectivity index (χ0v) is 7.77. The third-order valence-corrected chi connectivity index (χ3v) is 1.65. The summed E-state index contributed by atoms with van der Waals surface area (Å²) in [5, 5.41) is 20.4. The number of hydrogen-bond donors (Lipinski definition) is 3. The first-order chi connectivity index (χ1) is 6.63. The van der Waals surface area contributed by atoms with Crippen molar-refractivity contribution in [2.45, 2.75) is 13.0 Å². The van der Waals surface area contributed by atoms with E-state index in [-0.39, 0.29) is 12.5 Å². The van der Waals surface area contributed by atoms with Gasteiger partial charge >= 0.3 is 0 Å². The summed E-state index contributed by atoms with van der Waals surface area (Å²) in [4.78, 5) is 14.5. The summed E-state index contributed by atoms with van der Waals surface area (Å²) in [7, 11) is 0. The second kappa shape index (κ2) is 4.69. The highest BCUT2D eigenvalue weighted by Crippen LogP contribution is 2.12. The minimum Gasteiger partial charge on any atom is -0.393 e. The number of pyridine rings is 1. The molecule has 0 bridgehead atoms. The number of aliphatic hydroxyl groups excluding tert-OH is 2. The number of amides is 1. The van der Waals surface area contributed by atoms with Crippen LogP contribution < -0.4 is 5.32 Å². The zero-order chi connectivity index (χ0) is 10.6. The lowest BCUT2D eigenvalue weighted by molar-refractivity contribution is -0.114. The lowest BCUT2D eigenvalue weighted by atomic mass is 10.2. The van der Waals surface area contributed by atoms with Crippen LogP contribution in [-0.4, -0.2) is 27.7 Å². The Balaban J connectivity index is 2.73. The molecule has 76 valence electrons. The van der Waals surface area contributed by atoms with Crippen molar-refractivity contribution in [2.75, 3.05) is 11.9 Å². The van der Waals surface area contributed by atoms with Crippen LogP contribution in [0.15, 0.2) is 18.3 Å². The Morgan fingerprint density at radius 2 is 2.36 bits per heavy atom. The third kappa shape index (κ3) is 2.79. The summed E-state index contributed by atoms with van der Waals surface area (Å²) >= 11 is 0. The van der Waals surface area contributed by atoms with E-state index in [4.69, 9.17) is 5.11 Å². The van der Waals surface area contributed by atoms with Gasteiger partial charge in [-0.05, 0) is 6.07 Å². The fraction of sp³-hybridized carbons (Fsp3) is 0.333. The van der Waals surface area contributed by atoms with Crippen LogP contribution >= 0.6 is 0 Å². The van der Waals surface area contributed by atoms with E-state index in [0.717, 1.165) is 0 Å². The van der Waals surface area contributed by atoms with Crippen molar-refractivity contribution in [3.8, 4) is 0 Å². The second-order valence-electron chi connectivity index (χ2n) is 2.86. The molecule has 0 aliphatic heterocycles. The molecular formula is C9H12N2O3. The largest absolute Gasteiger partial charge is 0.393 e. The van der Waals surface area contributed by atoms with Crippen LogP contribution in [0.1, 0.15) is 18.6 Å². The Labute approximate surface area is 81.4 Å². The molecule has 1 aromatic rings. The first kappa shape index (κ1) is 10.6. The van der Waals surface area contributed by atoms with Gasteiger partial charge in [-0.1, -0.05) is 6.07 Å². The lowest BCUT2D eigenvalue weighted by Gasteiger charge is -2.07. The van der Waals surface area contributed by atoms with Gasteiger partial charge in [-0.2, -0.15) is 0 Å². The van der Waals surface area contributed by atoms with Gasteiger partial charge in [0.05, 0.1) is 6.61 Å². The number of nitrogens with zero attached hydrogens (tertiary/aromatic N) is 1. The van der Waals surface area contributed by atoms with E-state index in [1.807, 2.05) is 0 Å². The number of carbonyl (C=O) groups is 1. The number of carbonyl (C=O) groups excluding carboxylic acids is 1. The highest BCUT2D eigenvalue weighted by Gasteiger charge is 2.05. The molecule has 3 N–H and O–H groups in total. The summed E-state index contributed by atoms with van der Waals surface area (Å²) in [6, 6.07) is 3.16. The van der Waals surface area contributed by atoms with Crippen molar-refractivity contribution < 1.29 is 15.0 Å². The number of aromatic nitrogens is 1. The van der Waals surface area contributed by atoms with Crippen molar-refractivity contribution in [3.05, 3.63) is 23.9 Å². The van der Waals surface area contributed by atoms with E-state index in [9.17, 15) is 9.90 Å². The maximum absolute atomic E-state index is 10.6. The van der Waals surface area contributed by atoms with Crippen molar-refractivity contribution >= 4 is 11.7 Å². The van der Waals surface area contributed by atoms with Crippen LogP contribution in [0, 0.1) is 0 Å². The number of rotatable bonds is 3. The number of aliphatic hydroxyl groups is 2. The SMILES string of the molecule is CC(=O)Nc1ccc(C(O)CO)cn1. The molecule has 1 heterocycles. The summed E-state index contributed by atoms with van der Waals surface area (Å²) in [6.45, 7) is 1.04. The molecule has 5 heteroatoms. The third-order valence-electron chi connectivity index (χ3n) is 1.65. The Bertz CT molecular complexity index is 310. The molecule has 0 saturated carbocycles. The van der Waals surface area contributed by atoms with E-state index < -0.39 is 6.10 Å². The smallest absolute Gasteiger partial charge is 0.222 e. The first-order valence-corrected chi connectivity index (χ1v) is 4.16. The summed E-state index contributed by atoms with van der Waals surface area (Å²) in [5.41, 5.74) is 0.515. The Hall–Kier alpha value is -1.46. The molecule has 1 unspecified atom stereocenters. The molecule has 14 heavy (non-hydrogen) atoms.